The number of benzene rings is 2. The van der Waals surface area contributed by atoms with Crippen molar-refractivity contribution in [1.29, 1.82) is 0 Å². The predicted molar refractivity (Wildman–Crippen MR) is 150 cm³/mol. The SMILES string of the molecule is CSC(NC(=O)c1cn(C)c2ccc(-c3ccn4nc(NC(=O)C5CNC5)nc4c3)cc12)c1cccc(F)c1. The number of amides is 2. The lowest BCUT2D eigenvalue weighted by atomic mass is 10.0. The molecule has 0 bridgehead atoms. The van der Waals surface area contributed by atoms with E-state index in [-0.39, 0.29) is 29.5 Å². The van der Waals surface area contributed by atoms with Crippen LogP contribution in [-0.2, 0) is 11.8 Å². The highest BCUT2D eigenvalue weighted by Gasteiger charge is 2.26. The van der Waals surface area contributed by atoms with E-state index in [0.717, 1.165) is 22.0 Å². The van der Waals surface area contributed by atoms with Crippen molar-refractivity contribution in [2.45, 2.75) is 5.37 Å². The van der Waals surface area contributed by atoms with Gasteiger partial charge < -0.3 is 15.2 Å². The zero-order valence-corrected chi connectivity index (χ0v) is 22.1. The summed E-state index contributed by atoms with van der Waals surface area (Å²) in [5.74, 6) is -0.465. The van der Waals surface area contributed by atoms with Crippen LogP contribution in [0.4, 0.5) is 10.3 Å². The molecule has 1 fully saturated rings. The first-order valence-corrected chi connectivity index (χ1v) is 13.7. The van der Waals surface area contributed by atoms with Gasteiger partial charge in [-0.25, -0.2) is 8.91 Å². The molecule has 11 heteroatoms. The Kier molecular flexibility index (Phi) is 6.53. The molecule has 4 heterocycles. The van der Waals surface area contributed by atoms with E-state index in [1.165, 1.54) is 23.9 Å². The Morgan fingerprint density at radius 3 is 2.69 bits per heavy atom. The highest BCUT2D eigenvalue weighted by molar-refractivity contribution is 7.98. The van der Waals surface area contributed by atoms with Crippen molar-refractivity contribution < 1.29 is 14.0 Å². The molecule has 9 nitrogen and oxygen atoms in total. The zero-order valence-electron chi connectivity index (χ0n) is 21.3. The average Bonchev–Trinajstić information content (AvgIpc) is 3.45. The Bertz CT molecular complexity index is 1730. The van der Waals surface area contributed by atoms with Crippen LogP contribution in [0.5, 0.6) is 0 Å². The molecular weight excluding hydrogens is 517 g/mol. The topological polar surface area (TPSA) is 105 Å². The fourth-order valence-corrected chi connectivity index (χ4v) is 5.34. The Morgan fingerprint density at radius 2 is 1.95 bits per heavy atom. The number of nitrogens with one attached hydrogen (secondary N) is 3. The standard InChI is InChI=1S/C28H26FN7O2S/c1-35-15-22(26(38)32-27(39-2)18-4-3-5-20(29)10-18)21-11-16(6-7-23(21)35)17-8-9-36-24(12-17)31-28(34-36)33-25(37)19-13-30-14-19/h3-12,15,19,27,30H,13-14H2,1-2H3,(H,32,38)(H,33,34,37). The molecule has 0 radical (unpaired) electrons. The van der Waals surface area contributed by atoms with Crippen molar-refractivity contribution >= 4 is 46.1 Å². The number of hydrogen-bond donors (Lipinski definition) is 3. The van der Waals surface area contributed by atoms with E-state index in [2.05, 4.69) is 26.0 Å². The highest BCUT2D eigenvalue weighted by atomic mass is 32.2. The minimum Gasteiger partial charge on any atom is -0.350 e. The van der Waals surface area contributed by atoms with Crippen LogP contribution < -0.4 is 16.0 Å². The summed E-state index contributed by atoms with van der Waals surface area (Å²) in [4.78, 5) is 30.1. The summed E-state index contributed by atoms with van der Waals surface area (Å²) in [6.45, 7) is 1.32. The number of carbonyl (C=O) groups is 2. The summed E-state index contributed by atoms with van der Waals surface area (Å²) in [5, 5.41) is 13.7. The van der Waals surface area contributed by atoms with E-state index in [1.807, 2.05) is 48.2 Å². The van der Waals surface area contributed by atoms with Gasteiger partial charge in [0, 0.05) is 43.4 Å². The lowest BCUT2D eigenvalue weighted by Gasteiger charge is -2.24. The maximum atomic E-state index is 13.8. The molecule has 1 unspecified atom stereocenters. The number of anilines is 1. The van der Waals surface area contributed by atoms with E-state index in [1.54, 1.807) is 29.0 Å². The number of pyridine rings is 1. The normalized spacial score (nSPS) is 14.3. The van der Waals surface area contributed by atoms with Crippen LogP contribution in [0.15, 0.2) is 67.0 Å². The van der Waals surface area contributed by atoms with Gasteiger partial charge in [0.2, 0.25) is 11.9 Å². The first-order chi connectivity index (χ1) is 18.9. The summed E-state index contributed by atoms with van der Waals surface area (Å²) in [7, 11) is 1.90. The third kappa shape index (κ3) is 4.86. The van der Waals surface area contributed by atoms with E-state index in [4.69, 9.17) is 0 Å². The minimum absolute atomic E-state index is 0.0590. The summed E-state index contributed by atoms with van der Waals surface area (Å²) in [6, 6.07) is 16.0. The second-order valence-corrected chi connectivity index (χ2v) is 10.5. The van der Waals surface area contributed by atoms with Gasteiger partial charge in [-0.15, -0.1) is 16.9 Å². The van der Waals surface area contributed by atoms with Gasteiger partial charge in [-0.1, -0.05) is 18.2 Å². The Labute approximate surface area is 227 Å². The van der Waals surface area contributed by atoms with Gasteiger partial charge in [-0.3, -0.25) is 14.9 Å². The lowest BCUT2D eigenvalue weighted by Crippen LogP contribution is -2.48. The Morgan fingerprint density at radius 1 is 1.13 bits per heavy atom. The van der Waals surface area contributed by atoms with E-state index in [0.29, 0.717) is 29.9 Å². The number of nitrogens with zero attached hydrogens (tertiary/aromatic N) is 4. The molecule has 0 spiro atoms. The van der Waals surface area contributed by atoms with Crippen molar-refractivity contribution in [3.8, 4) is 11.1 Å². The van der Waals surface area contributed by atoms with Crippen LogP contribution in [0.2, 0.25) is 0 Å². The van der Waals surface area contributed by atoms with Gasteiger partial charge in [-0.2, -0.15) is 4.98 Å². The maximum Gasteiger partial charge on any atom is 0.254 e. The molecular formula is C28H26FN7O2S. The molecule has 39 heavy (non-hydrogen) atoms. The average molecular weight is 544 g/mol. The largest absolute Gasteiger partial charge is 0.350 e. The first-order valence-electron chi connectivity index (χ1n) is 12.5. The number of carbonyl (C=O) groups excluding carboxylic acids is 2. The molecule has 3 aromatic heterocycles. The number of fused-ring (bicyclic) bond motifs is 2. The smallest absolute Gasteiger partial charge is 0.254 e. The van der Waals surface area contributed by atoms with E-state index < -0.39 is 5.37 Å². The fraction of sp³-hybridized carbons (Fsp3) is 0.214. The Hall–Kier alpha value is -4.22. The van der Waals surface area contributed by atoms with Crippen LogP contribution in [0.25, 0.3) is 27.7 Å². The van der Waals surface area contributed by atoms with Gasteiger partial charge in [-0.05, 0) is 59.3 Å². The second kappa shape index (κ2) is 10.2. The van der Waals surface area contributed by atoms with Crippen LogP contribution in [0.1, 0.15) is 21.3 Å². The maximum absolute atomic E-state index is 13.8. The van der Waals surface area contributed by atoms with Crippen LogP contribution in [0.3, 0.4) is 0 Å². The molecule has 2 aromatic carbocycles. The number of aromatic nitrogens is 4. The molecule has 2 amide bonds. The predicted octanol–water partition coefficient (Wildman–Crippen LogP) is 3.98. The minimum atomic E-state index is -0.391. The van der Waals surface area contributed by atoms with Crippen LogP contribution >= 0.6 is 11.8 Å². The van der Waals surface area contributed by atoms with Gasteiger partial charge >= 0.3 is 0 Å². The zero-order chi connectivity index (χ0) is 27.1. The molecule has 198 valence electrons. The van der Waals surface area contributed by atoms with Gasteiger partial charge in [0.1, 0.15) is 11.2 Å². The third-order valence-electron chi connectivity index (χ3n) is 6.94. The highest BCUT2D eigenvalue weighted by Crippen LogP contribution is 2.30. The molecule has 6 rings (SSSR count). The van der Waals surface area contributed by atoms with Crippen molar-refractivity contribution in [2.24, 2.45) is 13.0 Å². The summed E-state index contributed by atoms with van der Waals surface area (Å²) < 4.78 is 17.3. The number of thioether (sulfide) groups is 1. The molecule has 1 aliphatic heterocycles. The van der Waals surface area contributed by atoms with Crippen molar-refractivity contribution in [3.05, 3.63) is 83.9 Å². The molecule has 1 aliphatic rings. The van der Waals surface area contributed by atoms with E-state index in [9.17, 15) is 14.0 Å². The quantitative estimate of drug-likeness (QED) is 0.268. The fourth-order valence-electron chi connectivity index (χ4n) is 4.70. The van der Waals surface area contributed by atoms with Gasteiger partial charge in [0.15, 0.2) is 5.65 Å². The lowest BCUT2D eigenvalue weighted by molar-refractivity contribution is -0.121. The number of aryl methyl sites for hydroxylation is 1. The summed E-state index contributed by atoms with van der Waals surface area (Å²) in [6.07, 6.45) is 5.48. The number of halogens is 1. The molecule has 3 N–H and O–H groups in total. The molecule has 0 aliphatic carbocycles. The van der Waals surface area contributed by atoms with Crippen LogP contribution in [-0.4, -0.2) is 50.3 Å². The second-order valence-electron chi connectivity index (χ2n) is 9.53. The van der Waals surface area contributed by atoms with E-state index >= 15 is 0 Å². The van der Waals surface area contributed by atoms with Gasteiger partial charge in [0.05, 0.1) is 11.5 Å². The molecule has 0 saturated carbocycles. The summed E-state index contributed by atoms with van der Waals surface area (Å²) >= 11 is 1.43. The van der Waals surface area contributed by atoms with Crippen molar-refractivity contribution in [2.75, 3.05) is 24.7 Å². The Balaban J connectivity index is 1.29. The molecule has 5 aromatic rings. The summed E-state index contributed by atoms with van der Waals surface area (Å²) in [5.41, 5.74) is 4.54. The first kappa shape index (κ1) is 25.1. The monoisotopic (exact) mass is 543 g/mol. The molecule has 1 saturated heterocycles. The van der Waals surface area contributed by atoms with Gasteiger partial charge in [0.25, 0.3) is 5.91 Å². The van der Waals surface area contributed by atoms with Crippen LogP contribution in [0, 0.1) is 11.7 Å². The number of rotatable bonds is 7. The molecule has 1 atom stereocenters. The third-order valence-corrected chi connectivity index (χ3v) is 7.80. The van der Waals surface area contributed by atoms with Crippen molar-refractivity contribution in [3.63, 3.8) is 0 Å². The van der Waals surface area contributed by atoms with Crippen molar-refractivity contribution in [1.82, 2.24) is 29.8 Å². The number of hydrogen-bond acceptors (Lipinski definition) is 6.